The first-order chi connectivity index (χ1) is 22.1. The van der Waals surface area contributed by atoms with Crippen molar-refractivity contribution in [2.45, 2.75) is 38.3 Å². The lowest BCUT2D eigenvalue weighted by atomic mass is 10.0. The molecule has 4 aromatic rings. The van der Waals surface area contributed by atoms with E-state index in [-0.39, 0.29) is 0 Å². The Balaban J connectivity index is 1.09. The van der Waals surface area contributed by atoms with Gasteiger partial charge in [-0.25, -0.2) is 17.9 Å². The molecule has 1 saturated carbocycles. The number of morpholine rings is 1. The molecule has 1 aliphatic carbocycles. The van der Waals surface area contributed by atoms with E-state index in [1.165, 1.54) is 0 Å². The van der Waals surface area contributed by atoms with Crippen LogP contribution in [0.15, 0.2) is 60.8 Å². The molecule has 0 amide bonds. The average molecular weight is 632 g/mol. The molecule has 2 aromatic heterocycles. The van der Waals surface area contributed by atoms with Gasteiger partial charge >= 0.3 is 0 Å². The minimum absolute atomic E-state index is 0.337. The maximum absolute atomic E-state index is 12.0. The number of ether oxygens (including phenoxy) is 2. The Labute approximate surface area is 265 Å². The van der Waals surface area contributed by atoms with Gasteiger partial charge in [0.2, 0.25) is 16.8 Å². The summed E-state index contributed by atoms with van der Waals surface area (Å²) in [5, 5.41) is 8.20. The summed E-state index contributed by atoms with van der Waals surface area (Å²) in [5.74, 6) is 1.64. The van der Waals surface area contributed by atoms with Gasteiger partial charge in [-0.1, -0.05) is 24.3 Å². The molecule has 3 fully saturated rings. The van der Waals surface area contributed by atoms with Gasteiger partial charge in [-0.2, -0.15) is 4.31 Å². The number of aromatic nitrogens is 3. The number of piperidine rings is 1. The molecule has 2 aliphatic heterocycles. The average Bonchev–Trinajstić information content (AvgIpc) is 3.81. The van der Waals surface area contributed by atoms with Gasteiger partial charge in [0.15, 0.2) is 0 Å². The summed E-state index contributed by atoms with van der Waals surface area (Å²) in [4.78, 5) is 9.59. The largest absolute Gasteiger partial charge is 0.494 e. The Hall–Kier alpha value is -3.71. The fraction of sp³-hybridized carbons (Fsp3) is 0.455. The van der Waals surface area contributed by atoms with Gasteiger partial charge in [-0.05, 0) is 61.4 Å². The molecule has 12 heteroatoms. The maximum atomic E-state index is 12.0. The summed E-state index contributed by atoms with van der Waals surface area (Å²) in [5.41, 5.74) is 5.54. The van der Waals surface area contributed by atoms with Gasteiger partial charge < -0.3 is 19.7 Å². The molecular weight excluding hydrogens is 590 g/mol. The van der Waals surface area contributed by atoms with Gasteiger partial charge in [-0.3, -0.25) is 4.90 Å². The first-order valence-corrected chi connectivity index (χ1v) is 17.0. The number of benzene rings is 2. The molecule has 0 bridgehead atoms. The number of anilines is 3. The highest BCUT2D eigenvalue weighted by atomic mass is 32.2. The first-order valence-electron chi connectivity index (χ1n) is 15.9. The van der Waals surface area contributed by atoms with Crippen LogP contribution in [0.4, 0.5) is 17.3 Å². The third kappa shape index (κ3) is 6.79. The van der Waals surface area contributed by atoms with Crippen molar-refractivity contribution in [3.63, 3.8) is 0 Å². The van der Waals surface area contributed by atoms with Crippen LogP contribution in [-0.4, -0.2) is 91.3 Å². The highest BCUT2D eigenvalue weighted by Crippen LogP contribution is 2.34. The summed E-state index contributed by atoms with van der Waals surface area (Å²) in [6.07, 6.45) is 6.27. The Morgan fingerprint density at radius 2 is 1.80 bits per heavy atom. The lowest BCUT2D eigenvalue weighted by molar-refractivity contribution is 0.0115. The van der Waals surface area contributed by atoms with E-state index in [4.69, 9.17) is 14.6 Å². The molecular formula is C33H41N7O4S. The van der Waals surface area contributed by atoms with E-state index in [1.807, 2.05) is 47.0 Å². The van der Waals surface area contributed by atoms with Crippen LogP contribution in [0.3, 0.4) is 0 Å². The highest BCUT2D eigenvalue weighted by molar-refractivity contribution is 7.69. The normalized spacial score (nSPS) is 18.2. The second-order valence-corrected chi connectivity index (χ2v) is 13.2. The minimum Gasteiger partial charge on any atom is -0.494 e. The van der Waals surface area contributed by atoms with E-state index in [1.54, 1.807) is 17.6 Å². The standard InChI is InChI=1S/C33H41N7O4S/c1-43-32-20-27(37-14-12-26(13-15-37)38-16-18-44-19-17-38)8-10-30(32)35-33-34-21-28-9-11-31(40(28)36-33)29-5-3-2-4-25(29)23-39(45(41)42)22-24-6-7-24/h2-5,8-11,20-21,24,26,45H,6-7,12-19,22-23H2,1H3,(H,35,36). The van der Waals surface area contributed by atoms with E-state index in [0.717, 1.165) is 105 Å². The van der Waals surface area contributed by atoms with Crippen molar-refractivity contribution in [3.05, 3.63) is 66.4 Å². The van der Waals surface area contributed by atoms with Crippen molar-refractivity contribution >= 4 is 33.7 Å². The predicted molar refractivity (Wildman–Crippen MR) is 176 cm³/mol. The number of hydrogen-bond donors (Lipinski definition) is 2. The third-order valence-electron chi connectivity index (χ3n) is 9.26. The predicted octanol–water partition coefficient (Wildman–Crippen LogP) is 4.19. The summed E-state index contributed by atoms with van der Waals surface area (Å²) < 4.78 is 38.8. The number of rotatable bonds is 11. The van der Waals surface area contributed by atoms with E-state index in [0.29, 0.717) is 31.0 Å². The summed E-state index contributed by atoms with van der Waals surface area (Å²) in [6, 6.07) is 18.8. The van der Waals surface area contributed by atoms with Crippen LogP contribution in [0.2, 0.25) is 0 Å². The van der Waals surface area contributed by atoms with E-state index in [2.05, 4.69) is 32.2 Å². The molecule has 0 unspecified atom stereocenters. The number of methoxy groups -OCH3 is 1. The fourth-order valence-electron chi connectivity index (χ4n) is 6.59. The zero-order valence-electron chi connectivity index (χ0n) is 25.7. The van der Waals surface area contributed by atoms with Crippen LogP contribution in [0, 0.1) is 5.92 Å². The molecule has 3 aliphatic rings. The highest BCUT2D eigenvalue weighted by Gasteiger charge is 2.27. The zero-order chi connectivity index (χ0) is 30.8. The first kappa shape index (κ1) is 30.0. The Morgan fingerprint density at radius 1 is 1.00 bits per heavy atom. The molecule has 1 N–H and O–H groups in total. The Kier molecular flexibility index (Phi) is 8.88. The summed E-state index contributed by atoms with van der Waals surface area (Å²) in [7, 11) is -0.982. The van der Waals surface area contributed by atoms with Gasteiger partial charge in [0.25, 0.3) is 0 Å². The number of fused-ring (bicyclic) bond motifs is 1. The molecule has 0 radical (unpaired) electrons. The molecule has 0 spiro atoms. The van der Waals surface area contributed by atoms with Gasteiger partial charge in [-0.15, -0.1) is 5.10 Å². The molecule has 11 nitrogen and oxygen atoms in total. The molecule has 0 atom stereocenters. The van der Waals surface area contributed by atoms with E-state index < -0.39 is 10.9 Å². The number of nitrogens with one attached hydrogen (secondary N) is 1. The van der Waals surface area contributed by atoms with Crippen LogP contribution in [0.25, 0.3) is 16.8 Å². The third-order valence-corrected chi connectivity index (χ3v) is 10.0. The van der Waals surface area contributed by atoms with Crippen molar-refractivity contribution in [1.82, 2.24) is 23.8 Å². The zero-order valence-corrected chi connectivity index (χ0v) is 26.6. The van der Waals surface area contributed by atoms with Crippen LogP contribution in [0.1, 0.15) is 31.2 Å². The van der Waals surface area contributed by atoms with Crippen LogP contribution in [0.5, 0.6) is 5.75 Å². The summed E-state index contributed by atoms with van der Waals surface area (Å²) in [6.45, 7) is 6.69. The minimum atomic E-state index is -2.67. The van der Waals surface area contributed by atoms with Crippen LogP contribution in [-0.2, 0) is 22.2 Å². The monoisotopic (exact) mass is 631 g/mol. The number of nitrogens with zero attached hydrogens (tertiary/aromatic N) is 6. The Bertz CT molecular complexity index is 1700. The van der Waals surface area contributed by atoms with Crippen molar-refractivity contribution in [1.29, 1.82) is 0 Å². The molecule has 2 saturated heterocycles. The second kappa shape index (κ2) is 13.3. The maximum Gasteiger partial charge on any atom is 0.245 e. The molecule has 7 rings (SSSR count). The van der Waals surface area contributed by atoms with Gasteiger partial charge in [0.05, 0.1) is 43.4 Å². The number of hydrogen-bond acceptors (Lipinski definition) is 9. The second-order valence-electron chi connectivity index (χ2n) is 12.2. The quantitative estimate of drug-likeness (QED) is 0.236. The molecule has 45 heavy (non-hydrogen) atoms. The topological polar surface area (TPSA) is 105 Å². The lowest BCUT2D eigenvalue weighted by Crippen LogP contribution is -2.49. The number of thiol groups is 1. The van der Waals surface area contributed by atoms with Crippen molar-refractivity contribution in [2.75, 3.05) is 63.3 Å². The van der Waals surface area contributed by atoms with E-state index in [9.17, 15) is 8.42 Å². The SMILES string of the molecule is COc1cc(N2CCC(N3CCOCC3)CC2)ccc1Nc1ncc2ccc(-c3ccccc3CN(CC3CC3)[SH](=O)=O)n2n1. The van der Waals surface area contributed by atoms with Gasteiger partial charge in [0.1, 0.15) is 5.75 Å². The van der Waals surface area contributed by atoms with E-state index >= 15 is 0 Å². The summed E-state index contributed by atoms with van der Waals surface area (Å²) >= 11 is 0. The van der Waals surface area contributed by atoms with Crippen molar-refractivity contribution < 1.29 is 17.9 Å². The van der Waals surface area contributed by atoms with Crippen LogP contribution < -0.4 is 15.0 Å². The smallest absolute Gasteiger partial charge is 0.245 e. The Morgan fingerprint density at radius 3 is 2.56 bits per heavy atom. The van der Waals surface area contributed by atoms with Crippen molar-refractivity contribution in [2.24, 2.45) is 5.92 Å². The molecule has 4 heterocycles. The molecule has 238 valence electrons. The van der Waals surface area contributed by atoms with Gasteiger partial charge in [0, 0.05) is 62.6 Å². The molecule has 2 aromatic carbocycles. The fourth-order valence-corrected chi connectivity index (χ4v) is 7.22. The van der Waals surface area contributed by atoms with Crippen molar-refractivity contribution in [3.8, 4) is 17.0 Å². The lowest BCUT2D eigenvalue weighted by Gasteiger charge is -2.40. The van der Waals surface area contributed by atoms with Crippen LogP contribution >= 0.6 is 0 Å².